The third-order valence-corrected chi connectivity index (χ3v) is 2.54. The van der Waals surface area contributed by atoms with Gasteiger partial charge in [0.05, 0.1) is 13.2 Å². The molecular formula is C13H20O4S. The third-order valence-electron chi connectivity index (χ3n) is 2.39. The molecule has 102 valence electrons. The summed E-state index contributed by atoms with van der Waals surface area (Å²) in [4.78, 5) is 0. The molecule has 0 fully saturated rings. The summed E-state index contributed by atoms with van der Waals surface area (Å²) < 4.78 is 11.0. The maximum Gasteiger partial charge on any atom is 0.214 e. The molecule has 18 heavy (non-hydrogen) atoms. The normalized spacial score (nSPS) is 11.4. The highest BCUT2D eigenvalue weighted by Gasteiger charge is 2.21. The molecule has 0 aliphatic rings. The largest absolute Gasteiger partial charge is 0.494 e. The van der Waals surface area contributed by atoms with Gasteiger partial charge in [0.2, 0.25) is 5.12 Å². The van der Waals surface area contributed by atoms with Gasteiger partial charge in [0, 0.05) is 12.0 Å². The molecule has 0 saturated heterocycles. The van der Waals surface area contributed by atoms with Crippen LogP contribution in [0.15, 0.2) is 12.1 Å². The smallest absolute Gasteiger partial charge is 0.214 e. The van der Waals surface area contributed by atoms with E-state index in [2.05, 4.69) is 12.6 Å². The standard InChI is InChI=1S/C13H20O4S/c1-4-16-11-7-10(8-13(14,15)18)12(17-5-2)6-9(11)3/h6-7,14-15,18H,4-5,8H2,1-3H3. The Kier molecular flexibility index (Phi) is 5.31. The minimum absolute atomic E-state index is 0.0359. The molecule has 0 aliphatic heterocycles. The summed E-state index contributed by atoms with van der Waals surface area (Å²) in [6, 6.07) is 3.60. The summed E-state index contributed by atoms with van der Waals surface area (Å²) in [5.74, 6) is 1.34. The first-order valence-corrected chi connectivity index (χ1v) is 6.38. The van der Waals surface area contributed by atoms with Crippen molar-refractivity contribution in [3.8, 4) is 11.5 Å². The quantitative estimate of drug-likeness (QED) is 0.547. The van der Waals surface area contributed by atoms with E-state index in [1.807, 2.05) is 26.8 Å². The van der Waals surface area contributed by atoms with Crippen molar-refractivity contribution >= 4 is 12.6 Å². The highest BCUT2D eigenvalue weighted by molar-refractivity contribution is 7.81. The Morgan fingerprint density at radius 2 is 1.67 bits per heavy atom. The number of aliphatic hydroxyl groups is 2. The molecule has 0 spiro atoms. The Balaban J connectivity index is 3.13. The highest BCUT2D eigenvalue weighted by Crippen LogP contribution is 2.31. The third kappa shape index (κ3) is 4.40. The average molecular weight is 272 g/mol. The molecule has 1 aromatic carbocycles. The molecule has 0 saturated carbocycles. The van der Waals surface area contributed by atoms with Crippen LogP contribution in [0.1, 0.15) is 25.0 Å². The Morgan fingerprint density at radius 1 is 1.11 bits per heavy atom. The van der Waals surface area contributed by atoms with Gasteiger partial charge in [0.15, 0.2) is 0 Å². The van der Waals surface area contributed by atoms with Gasteiger partial charge in [0.1, 0.15) is 11.5 Å². The van der Waals surface area contributed by atoms with Gasteiger partial charge in [0.25, 0.3) is 0 Å². The number of rotatable bonds is 6. The topological polar surface area (TPSA) is 58.9 Å². The summed E-state index contributed by atoms with van der Waals surface area (Å²) in [6.07, 6.45) is -0.0359. The zero-order valence-corrected chi connectivity index (χ0v) is 11.8. The number of hydrogen-bond donors (Lipinski definition) is 3. The van der Waals surface area contributed by atoms with E-state index in [-0.39, 0.29) is 6.42 Å². The van der Waals surface area contributed by atoms with Crippen LogP contribution in [0.3, 0.4) is 0 Å². The van der Waals surface area contributed by atoms with E-state index >= 15 is 0 Å². The molecule has 0 aromatic heterocycles. The van der Waals surface area contributed by atoms with Crippen molar-refractivity contribution in [1.82, 2.24) is 0 Å². The van der Waals surface area contributed by atoms with E-state index in [0.717, 1.165) is 5.56 Å². The molecule has 5 heteroatoms. The van der Waals surface area contributed by atoms with Crippen molar-refractivity contribution in [2.45, 2.75) is 32.3 Å². The Bertz CT molecular complexity index is 399. The maximum absolute atomic E-state index is 9.38. The van der Waals surface area contributed by atoms with Crippen molar-refractivity contribution in [2.24, 2.45) is 0 Å². The molecule has 0 atom stereocenters. The van der Waals surface area contributed by atoms with Crippen LogP contribution in [0.5, 0.6) is 11.5 Å². The summed E-state index contributed by atoms with van der Waals surface area (Å²) in [5, 5.41) is 16.7. The van der Waals surface area contributed by atoms with Crippen LogP contribution in [0.2, 0.25) is 0 Å². The number of aryl methyl sites for hydroxylation is 1. The maximum atomic E-state index is 9.38. The van der Waals surface area contributed by atoms with Crippen LogP contribution in [0.25, 0.3) is 0 Å². The monoisotopic (exact) mass is 272 g/mol. The lowest BCUT2D eigenvalue weighted by Gasteiger charge is -2.19. The van der Waals surface area contributed by atoms with Gasteiger partial charge in [-0.05, 0) is 38.5 Å². The fraction of sp³-hybridized carbons (Fsp3) is 0.538. The molecule has 1 rings (SSSR count). The lowest BCUT2D eigenvalue weighted by molar-refractivity contribution is -0.0726. The summed E-state index contributed by atoms with van der Waals surface area (Å²) in [7, 11) is 0. The molecule has 1 aromatic rings. The van der Waals surface area contributed by atoms with E-state index < -0.39 is 5.12 Å². The van der Waals surface area contributed by atoms with Gasteiger partial charge in [-0.25, -0.2) is 0 Å². The Morgan fingerprint density at radius 3 is 2.17 bits per heavy atom. The van der Waals surface area contributed by atoms with Gasteiger partial charge in [-0.3, -0.25) is 0 Å². The van der Waals surface area contributed by atoms with E-state index in [9.17, 15) is 10.2 Å². The first-order chi connectivity index (χ1) is 8.37. The van der Waals surface area contributed by atoms with Gasteiger partial charge in [-0.1, -0.05) is 0 Å². The van der Waals surface area contributed by atoms with Gasteiger partial charge in [-0.15, -0.1) is 12.6 Å². The predicted octanol–water partition coefficient (Wildman–Crippen LogP) is 1.90. The van der Waals surface area contributed by atoms with Crippen LogP contribution in [-0.4, -0.2) is 28.5 Å². The molecule has 0 amide bonds. The number of hydrogen-bond acceptors (Lipinski definition) is 5. The minimum Gasteiger partial charge on any atom is -0.494 e. The Labute approximate surface area is 113 Å². The lowest BCUT2D eigenvalue weighted by atomic mass is 10.1. The summed E-state index contributed by atoms with van der Waals surface area (Å²) in [6.45, 7) is 6.76. The zero-order valence-electron chi connectivity index (χ0n) is 10.9. The van der Waals surface area contributed by atoms with Crippen molar-refractivity contribution in [3.05, 3.63) is 23.3 Å². The molecule has 0 aliphatic carbocycles. The molecule has 0 radical (unpaired) electrons. The van der Waals surface area contributed by atoms with E-state index in [0.29, 0.717) is 30.3 Å². The van der Waals surface area contributed by atoms with Crippen molar-refractivity contribution in [3.63, 3.8) is 0 Å². The second-order valence-electron chi connectivity index (χ2n) is 4.04. The van der Waals surface area contributed by atoms with Crippen LogP contribution in [0, 0.1) is 6.92 Å². The second-order valence-corrected chi connectivity index (χ2v) is 4.76. The van der Waals surface area contributed by atoms with Crippen molar-refractivity contribution < 1.29 is 19.7 Å². The Hall–Kier alpha value is -0.910. The molecule has 0 heterocycles. The zero-order chi connectivity index (χ0) is 13.8. The SMILES string of the molecule is CCOc1cc(CC(O)(O)S)c(OCC)cc1C. The summed E-state index contributed by atoms with van der Waals surface area (Å²) >= 11 is 3.71. The van der Waals surface area contributed by atoms with Crippen LogP contribution in [-0.2, 0) is 6.42 Å². The number of ether oxygens (including phenoxy) is 2. The molecule has 4 nitrogen and oxygen atoms in total. The van der Waals surface area contributed by atoms with Gasteiger partial charge in [-0.2, -0.15) is 0 Å². The second kappa shape index (κ2) is 6.31. The van der Waals surface area contributed by atoms with Crippen LogP contribution >= 0.6 is 12.6 Å². The lowest BCUT2D eigenvalue weighted by Crippen LogP contribution is -2.23. The van der Waals surface area contributed by atoms with Gasteiger partial charge >= 0.3 is 0 Å². The fourth-order valence-corrected chi connectivity index (χ4v) is 1.87. The molecule has 0 unspecified atom stereocenters. The first-order valence-electron chi connectivity index (χ1n) is 5.93. The molecule has 2 N–H and O–H groups in total. The highest BCUT2D eigenvalue weighted by atomic mass is 32.1. The number of benzene rings is 1. The van der Waals surface area contributed by atoms with Crippen molar-refractivity contribution in [1.29, 1.82) is 0 Å². The van der Waals surface area contributed by atoms with Crippen LogP contribution in [0.4, 0.5) is 0 Å². The van der Waals surface area contributed by atoms with E-state index in [1.54, 1.807) is 6.07 Å². The van der Waals surface area contributed by atoms with E-state index in [4.69, 9.17) is 9.47 Å². The summed E-state index contributed by atoms with van der Waals surface area (Å²) in [5.41, 5.74) is 1.61. The number of thiol groups is 1. The average Bonchev–Trinajstić information content (AvgIpc) is 2.23. The minimum atomic E-state index is -2.06. The van der Waals surface area contributed by atoms with Crippen molar-refractivity contribution in [2.75, 3.05) is 13.2 Å². The fourth-order valence-electron chi connectivity index (χ4n) is 1.70. The van der Waals surface area contributed by atoms with Crippen LogP contribution < -0.4 is 9.47 Å². The van der Waals surface area contributed by atoms with Gasteiger partial charge < -0.3 is 19.7 Å². The molecule has 0 bridgehead atoms. The first kappa shape index (κ1) is 15.1. The predicted molar refractivity (Wildman–Crippen MR) is 73.4 cm³/mol. The van der Waals surface area contributed by atoms with E-state index in [1.165, 1.54) is 0 Å². The molecular weight excluding hydrogens is 252 g/mol.